The summed E-state index contributed by atoms with van der Waals surface area (Å²) in [6, 6.07) is 9.84. The van der Waals surface area contributed by atoms with Crippen LogP contribution in [0.5, 0.6) is 0 Å². The van der Waals surface area contributed by atoms with Gasteiger partial charge in [-0.15, -0.1) is 0 Å². The van der Waals surface area contributed by atoms with E-state index in [0.29, 0.717) is 11.7 Å². The first-order valence-corrected chi connectivity index (χ1v) is 5.68. The number of carboxylic acids is 1. The molecule has 3 nitrogen and oxygen atoms in total. The Balaban J connectivity index is 2.21. The van der Waals surface area contributed by atoms with Gasteiger partial charge in [0.05, 0.1) is 6.42 Å². The number of ether oxygens (including phenoxy) is 1. The van der Waals surface area contributed by atoms with Crippen LogP contribution in [0.15, 0.2) is 36.4 Å². The minimum absolute atomic E-state index is 0.0151. The van der Waals surface area contributed by atoms with Gasteiger partial charge in [0.25, 0.3) is 0 Å². The molecule has 1 aromatic rings. The van der Waals surface area contributed by atoms with E-state index in [1.807, 2.05) is 42.5 Å². The van der Waals surface area contributed by atoms with Crippen LogP contribution in [0.3, 0.4) is 0 Å². The van der Waals surface area contributed by atoms with Crippen molar-refractivity contribution in [1.29, 1.82) is 0 Å². The van der Waals surface area contributed by atoms with Crippen LogP contribution < -0.4 is 0 Å². The fourth-order valence-corrected chi connectivity index (χ4v) is 1.34. The maximum atomic E-state index is 10.3. The average Bonchev–Trinajstić information content (AvgIpc) is 2.33. The first-order chi connectivity index (χ1) is 8.18. The summed E-state index contributed by atoms with van der Waals surface area (Å²) in [4.78, 5) is 10.3. The van der Waals surface area contributed by atoms with E-state index in [0.717, 1.165) is 5.56 Å². The van der Waals surface area contributed by atoms with Gasteiger partial charge < -0.3 is 9.84 Å². The summed E-state index contributed by atoms with van der Waals surface area (Å²) in [6.45, 7) is 0.368. The Kier molecular flexibility index (Phi) is 5.96. The Morgan fingerprint density at radius 1 is 1.29 bits per heavy atom. The number of benzene rings is 1. The topological polar surface area (TPSA) is 46.5 Å². The third-order valence-corrected chi connectivity index (χ3v) is 2.32. The van der Waals surface area contributed by atoms with Crippen molar-refractivity contribution in [3.63, 3.8) is 0 Å². The highest BCUT2D eigenvalue weighted by atomic mass is 32.1. The molecule has 0 atom stereocenters. The molecule has 4 heteroatoms. The molecule has 0 saturated carbocycles. The number of rotatable bonds is 6. The summed E-state index contributed by atoms with van der Waals surface area (Å²) in [6.07, 6.45) is 4.08. The van der Waals surface area contributed by atoms with Gasteiger partial charge in [-0.25, -0.2) is 0 Å². The second kappa shape index (κ2) is 7.57. The fourth-order valence-electron chi connectivity index (χ4n) is 1.17. The Bertz CT molecular complexity index is 398. The molecule has 0 aliphatic heterocycles. The second-order valence-electron chi connectivity index (χ2n) is 3.39. The predicted octanol–water partition coefficient (Wildman–Crippen LogP) is 2.91. The average molecular weight is 250 g/mol. The standard InChI is InChI=1S/C13H14O3S/c14-12(15)8-9-13(17)16-10-4-7-11-5-2-1-3-6-11/h1-7H,8-10H2,(H,14,15). The molecule has 0 aliphatic rings. The monoisotopic (exact) mass is 250 g/mol. The van der Waals surface area contributed by atoms with Crippen molar-refractivity contribution in [2.45, 2.75) is 12.8 Å². The van der Waals surface area contributed by atoms with Crippen LogP contribution in [-0.4, -0.2) is 22.7 Å². The molecule has 0 amide bonds. The van der Waals surface area contributed by atoms with Gasteiger partial charge in [-0.1, -0.05) is 36.4 Å². The van der Waals surface area contributed by atoms with Crippen LogP contribution >= 0.6 is 12.2 Å². The third-order valence-electron chi connectivity index (χ3n) is 1.99. The number of carboxylic acid groups (broad SMARTS) is 1. The summed E-state index contributed by atoms with van der Waals surface area (Å²) >= 11 is 4.88. The molecular weight excluding hydrogens is 236 g/mol. The first-order valence-electron chi connectivity index (χ1n) is 5.27. The largest absolute Gasteiger partial charge is 0.483 e. The van der Waals surface area contributed by atoms with Crippen LogP contribution in [-0.2, 0) is 9.53 Å². The van der Waals surface area contributed by atoms with Gasteiger partial charge >= 0.3 is 5.97 Å². The smallest absolute Gasteiger partial charge is 0.303 e. The van der Waals surface area contributed by atoms with Crippen molar-refractivity contribution in [2.24, 2.45) is 0 Å². The van der Waals surface area contributed by atoms with Gasteiger partial charge in [-0.3, -0.25) is 4.79 Å². The van der Waals surface area contributed by atoms with Gasteiger partial charge in [0.1, 0.15) is 6.61 Å². The van der Waals surface area contributed by atoms with Crippen LogP contribution in [0.1, 0.15) is 18.4 Å². The molecule has 1 rings (SSSR count). The lowest BCUT2D eigenvalue weighted by Gasteiger charge is -2.02. The summed E-state index contributed by atoms with van der Waals surface area (Å²) in [5.74, 6) is -0.865. The molecule has 0 spiro atoms. The Labute approximate surface area is 106 Å². The maximum Gasteiger partial charge on any atom is 0.303 e. The van der Waals surface area contributed by atoms with Crippen molar-refractivity contribution in [2.75, 3.05) is 6.61 Å². The molecule has 1 N–H and O–H groups in total. The lowest BCUT2D eigenvalue weighted by Crippen LogP contribution is -2.05. The molecule has 0 unspecified atom stereocenters. The Morgan fingerprint density at radius 2 is 2.00 bits per heavy atom. The zero-order chi connectivity index (χ0) is 12.5. The molecule has 0 heterocycles. The summed E-state index contributed by atoms with van der Waals surface area (Å²) in [5.41, 5.74) is 1.09. The number of thiocarbonyl (C=S) groups is 1. The highest BCUT2D eigenvalue weighted by molar-refractivity contribution is 7.80. The highest BCUT2D eigenvalue weighted by Gasteiger charge is 2.01. The fraction of sp³-hybridized carbons (Fsp3) is 0.231. The van der Waals surface area contributed by atoms with Crippen molar-refractivity contribution in [1.82, 2.24) is 0 Å². The van der Waals surface area contributed by atoms with Crippen molar-refractivity contribution < 1.29 is 14.6 Å². The van der Waals surface area contributed by atoms with E-state index < -0.39 is 5.97 Å². The summed E-state index contributed by atoms with van der Waals surface area (Å²) in [5, 5.41) is 8.79. The molecule has 0 radical (unpaired) electrons. The molecule has 17 heavy (non-hydrogen) atoms. The SMILES string of the molecule is O=C(O)CCC(=S)OCC=Cc1ccccc1. The summed E-state index contributed by atoms with van der Waals surface area (Å²) < 4.78 is 5.20. The van der Waals surface area contributed by atoms with E-state index in [1.165, 1.54) is 0 Å². The van der Waals surface area contributed by atoms with Crippen molar-refractivity contribution >= 4 is 29.3 Å². The molecule has 1 aromatic carbocycles. The Hall–Kier alpha value is -1.68. The quantitative estimate of drug-likeness (QED) is 0.789. The van der Waals surface area contributed by atoms with E-state index in [9.17, 15) is 4.79 Å². The van der Waals surface area contributed by atoms with E-state index in [4.69, 9.17) is 22.1 Å². The maximum absolute atomic E-state index is 10.3. The van der Waals surface area contributed by atoms with Crippen LogP contribution in [0, 0.1) is 0 Å². The van der Waals surface area contributed by atoms with Gasteiger partial charge in [-0.2, -0.15) is 0 Å². The predicted molar refractivity (Wildman–Crippen MR) is 70.9 cm³/mol. The first kappa shape index (κ1) is 13.4. The molecule has 0 aliphatic carbocycles. The Morgan fingerprint density at radius 3 is 2.65 bits per heavy atom. The third kappa shape index (κ3) is 6.48. The molecule has 90 valence electrons. The number of carbonyl (C=O) groups is 1. The zero-order valence-corrected chi connectivity index (χ0v) is 10.2. The molecule has 0 aromatic heterocycles. The highest BCUT2D eigenvalue weighted by Crippen LogP contribution is 2.01. The van der Waals surface area contributed by atoms with E-state index in [-0.39, 0.29) is 12.8 Å². The van der Waals surface area contributed by atoms with Gasteiger partial charge in [-0.05, 0) is 23.9 Å². The van der Waals surface area contributed by atoms with Gasteiger partial charge in [0.2, 0.25) is 0 Å². The molecule has 0 fully saturated rings. The normalized spacial score (nSPS) is 10.4. The van der Waals surface area contributed by atoms with E-state index >= 15 is 0 Å². The number of hydrogen-bond donors (Lipinski definition) is 1. The van der Waals surface area contributed by atoms with Crippen LogP contribution in [0.4, 0.5) is 0 Å². The van der Waals surface area contributed by atoms with E-state index in [1.54, 1.807) is 0 Å². The lowest BCUT2D eigenvalue weighted by molar-refractivity contribution is -0.136. The minimum Gasteiger partial charge on any atom is -0.483 e. The number of aliphatic carboxylic acids is 1. The van der Waals surface area contributed by atoms with Crippen molar-refractivity contribution in [3.05, 3.63) is 42.0 Å². The molecule has 0 bridgehead atoms. The zero-order valence-electron chi connectivity index (χ0n) is 9.33. The van der Waals surface area contributed by atoms with Gasteiger partial charge in [0.15, 0.2) is 5.05 Å². The molecule has 0 saturated heterocycles. The lowest BCUT2D eigenvalue weighted by atomic mass is 10.2. The van der Waals surface area contributed by atoms with Crippen LogP contribution in [0.2, 0.25) is 0 Å². The second-order valence-corrected chi connectivity index (χ2v) is 3.85. The van der Waals surface area contributed by atoms with E-state index in [2.05, 4.69) is 0 Å². The minimum atomic E-state index is -0.865. The van der Waals surface area contributed by atoms with Crippen molar-refractivity contribution in [3.8, 4) is 0 Å². The van der Waals surface area contributed by atoms with Gasteiger partial charge in [0, 0.05) is 6.42 Å². The summed E-state index contributed by atoms with van der Waals surface area (Å²) in [7, 11) is 0. The number of hydrogen-bond acceptors (Lipinski definition) is 3. The van der Waals surface area contributed by atoms with Crippen LogP contribution in [0.25, 0.3) is 6.08 Å². The molecular formula is C13H14O3S.